The number of thioether (sulfide) groups is 1. The first kappa shape index (κ1) is 28.2. The second-order valence-electron chi connectivity index (χ2n) is 8.82. The van der Waals surface area contributed by atoms with Gasteiger partial charge in [-0.1, -0.05) is 28.1 Å². The van der Waals surface area contributed by atoms with E-state index in [0.717, 1.165) is 16.7 Å². The molecule has 1 fully saturated rings. The van der Waals surface area contributed by atoms with Gasteiger partial charge >= 0.3 is 5.97 Å². The SMILES string of the molecule is CCOc1cc(C=C2SC(=O)N(CC(=O)OC(C)(C)C)C2=O)c(Br)cc1OCc1cccc([N+](=O)[O-])c1. The monoisotopic (exact) mass is 592 g/mol. The van der Waals surface area contributed by atoms with Gasteiger partial charge in [0.15, 0.2) is 11.5 Å². The van der Waals surface area contributed by atoms with Crippen LogP contribution in [0.25, 0.3) is 6.08 Å². The fourth-order valence-electron chi connectivity index (χ4n) is 3.24. The Balaban J connectivity index is 1.81. The lowest BCUT2D eigenvalue weighted by Crippen LogP contribution is -2.37. The molecule has 0 unspecified atom stereocenters. The Labute approximate surface area is 226 Å². The molecule has 0 spiro atoms. The van der Waals surface area contributed by atoms with Crippen LogP contribution in [0.1, 0.15) is 38.8 Å². The predicted molar refractivity (Wildman–Crippen MR) is 141 cm³/mol. The lowest BCUT2D eigenvalue weighted by Gasteiger charge is -2.21. The summed E-state index contributed by atoms with van der Waals surface area (Å²) in [6.45, 7) is 6.82. The van der Waals surface area contributed by atoms with E-state index in [1.165, 1.54) is 18.2 Å². The molecule has 0 radical (unpaired) electrons. The third kappa shape index (κ3) is 7.56. The first-order chi connectivity index (χ1) is 17.4. The second kappa shape index (κ2) is 11.8. The van der Waals surface area contributed by atoms with Gasteiger partial charge in [0, 0.05) is 16.6 Å². The topological polar surface area (TPSA) is 125 Å². The molecule has 196 valence electrons. The third-order valence-corrected chi connectivity index (χ3v) is 6.34. The van der Waals surface area contributed by atoms with Gasteiger partial charge in [0.1, 0.15) is 18.8 Å². The van der Waals surface area contributed by atoms with Crippen LogP contribution < -0.4 is 9.47 Å². The van der Waals surface area contributed by atoms with E-state index in [4.69, 9.17) is 14.2 Å². The van der Waals surface area contributed by atoms with Crippen molar-refractivity contribution in [2.75, 3.05) is 13.2 Å². The molecule has 10 nitrogen and oxygen atoms in total. The molecular weight excluding hydrogens is 568 g/mol. The van der Waals surface area contributed by atoms with Crippen LogP contribution in [-0.4, -0.2) is 45.7 Å². The van der Waals surface area contributed by atoms with Crippen molar-refractivity contribution in [2.24, 2.45) is 0 Å². The number of hydrogen-bond donors (Lipinski definition) is 0. The van der Waals surface area contributed by atoms with Crippen molar-refractivity contribution in [3.63, 3.8) is 0 Å². The zero-order valence-electron chi connectivity index (χ0n) is 20.6. The van der Waals surface area contributed by atoms with Crippen molar-refractivity contribution in [3.8, 4) is 11.5 Å². The van der Waals surface area contributed by atoms with Crippen LogP contribution in [0.4, 0.5) is 10.5 Å². The lowest BCUT2D eigenvalue weighted by molar-refractivity contribution is -0.384. The lowest BCUT2D eigenvalue weighted by atomic mass is 10.1. The molecule has 0 atom stereocenters. The van der Waals surface area contributed by atoms with Crippen molar-refractivity contribution in [1.82, 2.24) is 4.90 Å². The molecule has 0 aliphatic carbocycles. The summed E-state index contributed by atoms with van der Waals surface area (Å²) in [4.78, 5) is 48.9. The number of benzene rings is 2. The molecule has 1 heterocycles. The molecule has 2 aromatic rings. The van der Waals surface area contributed by atoms with Crippen LogP contribution in [0.5, 0.6) is 11.5 Å². The maximum Gasteiger partial charge on any atom is 0.326 e. The minimum atomic E-state index is -0.742. The zero-order valence-corrected chi connectivity index (χ0v) is 23.0. The molecule has 2 aromatic carbocycles. The van der Waals surface area contributed by atoms with Crippen LogP contribution in [0.15, 0.2) is 45.8 Å². The van der Waals surface area contributed by atoms with Gasteiger partial charge < -0.3 is 14.2 Å². The normalized spacial score (nSPS) is 14.7. The number of halogens is 1. The minimum absolute atomic E-state index is 0.0386. The van der Waals surface area contributed by atoms with Crippen LogP contribution in [0, 0.1) is 10.1 Å². The van der Waals surface area contributed by atoms with Gasteiger partial charge in [0.2, 0.25) is 0 Å². The highest BCUT2D eigenvalue weighted by Crippen LogP contribution is 2.38. The largest absolute Gasteiger partial charge is 0.490 e. The maximum atomic E-state index is 12.8. The Morgan fingerprint density at radius 2 is 1.86 bits per heavy atom. The molecule has 0 bridgehead atoms. The van der Waals surface area contributed by atoms with Crippen molar-refractivity contribution >= 4 is 56.6 Å². The molecule has 0 N–H and O–H groups in total. The van der Waals surface area contributed by atoms with E-state index in [0.29, 0.717) is 33.7 Å². The molecule has 1 saturated heterocycles. The summed E-state index contributed by atoms with van der Waals surface area (Å²) >= 11 is 4.18. The van der Waals surface area contributed by atoms with E-state index >= 15 is 0 Å². The van der Waals surface area contributed by atoms with Crippen molar-refractivity contribution < 1.29 is 33.5 Å². The first-order valence-electron chi connectivity index (χ1n) is 11.2. The molecule has 1 aliphatic rings. The predicted octanol–water partition coefficient (Wildman–Crippen LogP) is 5.71. The Morgan fingerprint density at radius 3 is 2.51 bits per heavy atom. The van der Waals surface area contributed by atoms with E-state index in [1.807, 2.05) is 0 Å². The minimum Gasteiger partial charge on any atom is -0.490 e. The first-order valence-corrected chi connectivity index (χ1v) is 12.8. The number of hydrogen-bond acceptors (Lipinski definition) is 9. The fourth-order valence-corrected chi connectivity index (χ4v) is 4.51. The number of rotatable bonds is 9. The Morgan fingerprint density at radius 1 is 1.16 bits per heavy atom. The highest BCUT2D eigenvalue weighted by molar-refractivity contribution is 9.10. The molecule has 37 heavy (non-hydrogen) atoms. The second-order valence-corrected chi connectivity index (χ2v) is 10.7. The number of non-ortho nitro benzene ring substituents is 1. The standard InChI is InChI=1S/C25H25BrN2O8S/c1-5-34-19-10-16(11-21-23(30)27(24(31)37-21)13-22(29)36-25(2,3)4)18(26)12-20(19)35-14-15-7-6-8-17(9-15)28(32)33/h6-12H,5,13-14H2,1-4H3. The quantitative estimate of drug-likeness (QED) is 0.156. The third-order valence-electron chi connectivity index (χ3n) is 4.75. The number of ether oxygens (including phenoxy) is 3. The smallest absolute Gasteiger partial charge is 0.326 e. The van der Waals surface area contributed by atoms with Gasteiger partial charge in [-0.25, -0.2) is 0 Å². The van der Waals surface area contributed by atoms with E-state index in [9.17, 15) is 24.5 Å². The van der Waals surface area contributed by atoms with Crippen molar-refractivity contribution in [2.45, 2.75) is 39.9 Å². The molecular formula is C25H25BrN2O8S. The fraction of sp³-hybridized carbons (Fsp3) is 0.320. The van der Waals surface area contributed by atoms with Crippen LogP contribution >= 0.6 is 27.7 Å². The summed E-state index contributed by atoms with van der Waals surface area (Å²) in [5.41, 5.74) is 0.376. The summed E-state index contributed by atoms with van der Waals surface area (Å²) in [6.07, 6.45) is 1.52. The molecule has 2 amide bonds. The summed E-state index contributed by atoms with van der Waals surface area (Å²) in [7, 11) is 0. The number of amides is 2. The van der Waals surface area contributed by atoms with E-state index in [2.05, 4.69) is 15.9 Å². The summed E-state index contributed by atoms with van der Waals surface area (Å²) in [6, 6.07) is 9.42. The van der Waals surface area contributed by atoms with Gasteiger partial charge in [-0.2, -0.15) is 0 Å². The summed E-state index contributed by atoms with van der Waals surface area (Å²) in [5, 5.41) is 10.5. The summed E-state index contributed by atoms with van der Waals surface area (Å²) in [5.74, 6) is -0.511. The number of nitro groups is 1. The van der Waals surface area contributed by atoms with E-state index in [1.54, 1.807) is 52.0 Å². The zero-order chi connectivity index (χ0) is 27.3. The van der Waals surface area contributed by atoms with Gasteiger partial charge in [-0.3, -0.25) is 29.4 Å². The Bertz CT molecular complexity index is 1270. The molecule has 3 rings (SSSR count). The highest BCUT2D eigenvalue weighted by atomic mass is 79.9. The highest BCUT2D eigenvalue weighted by Gasteiger charge is 2.37. The number of carbonyl (C=O) groups excluding carboxylic acids is 3. The molecule has 0 saturated carbocycles. The maximum absolute atomic E-state index is 12.8. The Kier molecular flexibility index (Phi) is 8.98. The van der Waals surface area contributed by atoms with Crippen LogP contribution in [0.2, 0.25) is 0 Å². The average Bonchev–Trinajstić information content (AvgIpc) is 3.06. The Hall–Kier alpha value is -3.38. The van der Waals surface area contributed by atoms with Gasteiger partial charge in [-0.15, -0.1) is 0 Å². The van der Waals surface area contributed by atoms with E-state index < -0.39 is 34.2 Å². The number of nitrogens with zero attached hydrogens (tertiary/aromatic N) is 2. The van der Waals surface area contributed by atoms with E-state index in [-0.39, 0.29) is 17.2 Å². The van der Waals surface area contributed by atoms with Gasteiger partial charge in [0.25, 0.3) is 16.8 Å². The molecule has 1 aliphatic heterocycles. The molecule has 12 heteroatoms. The number of imide groups is 1. The number of carbonyl (C=O) groups is 3. The van der Waals surface area contributed by atoms with Gasteiger partial charge in [0.05, 0.1) is 16.4 Å². The van der Waals surface area contributed by atoms with Gasteiger partial charge in [-0.05, 0) is 68.8 Å². The van der Waals surface area contributed by atoms with Crippen LogP contribution in [0.3, 0.4) is 0 Å². The number of esters is 1. The van der Waals surface area contributed by atoms with Crippen LogP contribution in [-0.2, 0) is 20.9 Å². The van der Waals surface area contributed by atoms with Crippen molar-refractivity contribution in [3.05, 3.63) is 67.0 Å². The molecule has 0 aromatic heterocycles. The van der Waals surface area contributed by atoms with Crippen molar-refractivity contribution in [1.29, 1.82) is 0 Å². The number of nitro benzene ring substituents is 1. The average molecular weight is 593 g/mol. The summed E-state index contributed by atoms with van der Waals surface area (Å²) < 4.78 is 17.3.